The molecule has 0 bridgehead atoms. The Morgan fingerprint density at radius 1 is 0.979 bits per heavy atom. The van der Waals surface area contributed by atoms with E-state index in [0.29, 0.717) is 28.0 Å². The molecule has 0 aliphatic rings. The zero-order chi connectivity index (χ0) is 35.3. The van der Waals surface area contributed by atoms with Gasteiger partial charge in [-0.25, -0.2) is 31.3 Å². The molecule has 3 aromatic carbocycles. The number of ether oxygens (including phenoxy) is 1. The number of nitrogens with one attached hydrogen (secondary N) is 1. The summed E-state index contributed by atoms with van der Waals surface area (Å²) in [7, 11) is -2.60. The van der Waals surface area contributed by atoms with E-state index in [4.69, 9.17) is 16.3 Å². The number of hydrogen-bond acceptors (Lipinski definition) is 5. The Labute approximate surface area is 291 Å². The van der Waals surface area contributed by atoms with Crippen LogP contribution in [0.3, 0.4) is 0 Å². The van der Waals surface area contributed by atoms with Crippen LogP contribution in [0.1, 0.15) is 57.9 Å². The predicted octanol–water partition coefficient (Wildman–Crippen LogP) is 8.11. The maximum atomic E-state index is 15.4. The second-order valence-corrected chi connectivity index (χ2v) is 15.2. The molecule has 4 rings (SSSR count). The maximum absolute atomic E-state index is 15.4. The molecule has 1 aromatic heterocycles. The van der Waals surface area contributed by atoms with Crippen LogP contribution >= 0.6 is 23.4 Å². The molecule has 13 heteroatoms. The zero-order valence-corrected chi connectivity index (χ0v) is 30.5. The number of sulfonamides is 1. The monoisotopic (exact) mass is 723 g/mol. The van der Waals surface area contributed by atoms with Gasteiger partial charge >= 0.3 is 0 Å². The van der Waals surface area contributed by atoms with E-state index in [9.17, 15) is 12.8 Å². The van der Waals surface area contributed by atoms with Gasteiger partial charge in [0.1, 0.15) is 23.2 Å². The minimum atomic E-state index is -4.13. The van der Waals surface area contributed by atoms with Gasteiger partial charge in [0.25, 0.3) is 0 Å². The fourth-order valence-corrected chi connectivity index (χ4v) is 8.07. The highest BCUT2D eigenvalue weighted by Crippen LogP contribution is 2.39. The van der Waals surface area contributed by atoms with Crippen molar-refractivity contribution in [3.05, 3.63) is 100 Å². The summed E-state index contributed by atoms with van der Waals surface area (Å²) in [5.41, 5.74) is 1.24. The number of methoxy groups -OCH3 is 1. The van der Waals surface area contributed by atoms with Crippen LogP contribution in [0, 0.1) is 17.5 Å². The number of halogens is 4. The third-order valence-corrected chi connectivity index (χ3v) is 11.9. The van der Waals surface area contributed by atoms with Gasteiger partial charge in [0.05, 0.1) is 55.1 Å². The lowest BCUT2D eigenvalue weighted by Crippen LogP contribution is -2.48. The Kier molecular flexibility index (Phi) is 12.3. The van der Waals surface area contributed by atoms with Crippen LogP contribution < -0.4 is 9.46 Å². The molecule has 0 amide bonds. The van der Waals surface area contributed by atoms with Crippen molar-refractivity contribution in [1.82, 2.24) is 14.3 Å². The Morgan fingerprint density at radius 2 is 1.60 bits per heavy atom. The lowest BCUT2D eigenvalue weighted by Gasteiger charge is -2.35. The van der Waals surface area contributed by atoms with Crippen LogP contribution in [0.5, 0.6) is 5.75 Å². The number of imidazole rings is 1. The van der Waals surface area contributed by atoms with Crippen molar-refractivity contribution in [3.8, 4) is 11.4 Å². The molecule has 0 saturated carbocycles. The second kappa shape index (κ2) is 15.7. The quantitative estimate of drug-likeness (QED) is 0.0719. The summed E-state index contributed by atoms with van der Waals surface area (Å²) < 4.78 is 81.2. The van der Waals surface area contributed by atoms with Crippen molar-refractivity contribution in [1.29, 1.82) is 0 Å². The van der Waals surface area contributed by atoms with Crippen molar-refractivity contribution < 1.29 is 30.8 Å². The first-order valence-electron chi connectivity index (χ1n) is 15.9. The first-order valence-corrected chi connectivity index (χ1v) is 18.7. The molecule has 0 atom stereocenters. The van der Waals surface area contributed by atoms with Crippen LogP contribution in [0.2, 0.25) is 5.02 Å². The molecule has 0 saturated heterocycles. The van der Waals surface area contributed by atoms with Crippen LogP contribution in [0.15, 0.2) is 70.8 Å². The first-order chi connectivity index (χ1) is 22.7. The van der Waals surface area contributed by atoms with Gasteiger partial charge in [0, 0.05) is 35.4 Å². The minimum absolute atomic E-state index is 0.163. The summed E-state index contributed by atoms with van der Waals surface area (Å²) in [4.78, 5) is 4.13. The minimum Gasteiger partial charge on any atom is -0.495 e. The summed E-state index contributed by atoms with van der Waals surface area (Å²) >= 11 is 7.35. The van der Waals surface area contributed by atoms with E-state index in [-0.39, 0.29) is 17.9 Å². The Balaban J connectivity index is 1.59. The molecular formula is C35H43ClF3N4O3S2+. The topological polar surface area (TPSA) is 73.2 Å². The third-order valence-electron chi connectivity index (χ3n) is 9.21. The molecule has 0 radical (unpaired) electrons. The molecule has 1 heterocycles. The molecule has 48 heavy (non-hydrogen) atoms. The normalized spacial score (nSPS) is 12.5. The number of benzene rings is 3. The van der Waals surface area contributed by atoms with E-state index < -0.39 is 37.8 Å². The first kappa shape index (κ1) is 37.8. The van der Waals surface area contributed by atoms with Gasteiger partial charge in [0.15, 0.2) is 5.16 Å². The maximum Gasteiger partial charge on any atom is 0.240 e. The Morgan fingerprint density at radius 3 is 2.19 bits per heavy atom. The SMILES string of the molecule is CC[N+](CC)(CC)CCCNS(=O)(=O)c1cc(F)c(CSc2ncc(C(C)(C)c3ccc(Cl)c(OC)c3)n2-c2ccc(F)cc2)c(F)c1. The molecule has 0 fully saturated rings. The fraction of sp³-hybridized carbons (Fsp3) is 0.400. The zero-order valence-electron chi connectivity index (χ0n) is 28.1. The number of thioether (sulfide) groups is 1. The molecule has 4 aromatic rings. The average Bonchev–Trinajstić information content (AvgIpc) is 3.50. The summed E-state index contributed by atoms with van der Waals surface area (Å²) in [6.07, 6.45) is 2.27. The predicted molar refractivity (Wildman–Crippen MR) is 186 cm³/mol. The van der Waals surface area contributed by atoms with Gasteiger partial charge in [0.2, 0.25) is 10.0 Å². The molecular weight excluding hydrogens is 681 g/mol. The van der Waals surface area contributed by atoms with E-state index >= 15 is 8.78 Å². The lowest BCUT2D eigenvalue weighted by atomic mass is 9.81. The highest BCUT2D eigenvalue weighted by Gasteiger charge is 2.31. The largest absolute Gasteiger partial charge is 0.495 e. The van der Waals surface area contributed by atoms with E-state index in [1.54, 1.807) is 24.4 Å². The highest BCUT2D eigenvalue weighted by molar-refractivity contribution is 7.98. The lowest BCUT2D eigenvalue weighted by molar-refractivity contribution is -0.923. The van der Waals surface area contributed by atoms with Gasteiger partial charge in [-0.1, -0.05) is 43.3 Å². The van der Waals surface area contributed by atoms with Crippen molar-refractivity contribution in [2.75, 3.05) is 39.8 Å². The van der Waals surface area contributed by atoms with Gasteiger partial charge in [-0.3, -0.25) is 4.57 Å². The molecule has 0 unspecified atom stereocenters. The smallest absolute Gasteiger partial charge is 0.240 e. The van der Waals surface area contributed by atoms with Crippen LogP contribution in [0.25, 0.3) is 5.69 Å². The second-order valence-electron chi connectivity index (χ2n) is 12.1. The summed E-state index contributed by atoms with van der Waals surface area (Å²) in [5.74, 6) is -2.05. The highest BCUT2D eigenvalue weighted by atomic mass is 35.5. The van der Waals surface area contributed by atoms with Crippen LogP contribution in [-0.4, -0.2) is 62.3 Å². The Bertz CT molecular complexity index is 1800. The van der Waals surface area contributed by atoms with E-state index in [2.05, 4.69) is 30.5 Å². The van der Waals surface area contributed by atoms with Gasteiger partial charge in [-0.05, 0) is 74.9 Å². The Hall–Kier alpha value is -3.03. The summed E-state index contributed by atoms with van der Waals surface area (Å²) in [5, 5.41) is 0.865. The number of aromatic nitrogens is 2. The van der Waals surface area contributed by atoms with Gasteiger partial charge in [-0.15, -0.1) is 0 Å². The van der Waals surface area contributed by atoms with E-state index in [1.165, 1.54) is 19.2 Å². The number of nitrogens with zero attached hydrogens (tertiary/aromatic N) is 3. The van der Waals surface area contributed by atoms with Crippen molar-refractivity contribution in [2.24, 2.45) is 0 Å². The van der Waals surface area contributed by atoms with Gasteiger partial charge in [-0.2, -0.15) is 0 Å². The van der Waals surface area contributed by atoms with Crippen molar-refractivity contribution in [3.63, 3.8) is 0 Å². The molecule has 260 valence electrons. The van der Waals surface area contributed by atoms with Crippen LogP contribution in [-0.2, 0) is 21.2 Å². The van der Waals surface area contributed by atoms with Crippen molar-refractivity contribution in [2.45, 2.75) is 62.3 Å². The standard InChI is InChI=1S/C35H43ClF3N4O3S2/c1-7-43(8-2,9-3)18-10-17-41-48(44,45)27-20-30(38)28(31(39)21-27)23-47-34-40-22-33(42(34)26-14-12-25(37)13-15-26)35(4,5)24-11-16-29(36)32(19-24)46-6/h11-16,19-22,41H,7-10,17-18,23H2,1-6H3/q+1. The molecule has 7 nitrogen and oxygen atoms in total. The molecule has 0 aliphatic carbocycles. The van der Waals surface area contributed by atoms with Gasteiger partial charge < -0.3 is 9.22 Å². The summed E-state index contributed by atoms with van der Waals surface area (Å²) in [6.45, 7) is 14.1. The number of hydrogen-bond donors (Lipinski definition) is 1. The number of quaternary nitrogens is 1. The molecule has 1 N–H and O–H groups in total. The van der Waals surface area contributed by atoms with Crippen LogP contribution in [0.4, 0.5) is 13.2 Å². The van der Waals surface area contributed by atoms with Crippen molar-refractivity contribution >= 4 is 33.4 Å². The summed E-state index contributed by atoms with van der Waals surface area (Å²) in [6, 6.07) is 13.0. The average molecular weight is 724 g/mol. The molecule has 0 aliphatic heterocycles. The fourth-order valence-electron chi connectivity index (χ4n) is 5.77. The molecule has 0 spiro atoms. The van der Waals surface area contributed by atoms with E-state index in [1.807, 2.05) is 30.5 Å². The van der Waals surface area contributed by atoms with E-state index in [0.717, 1.165) is 65.8 Å². The third kappa shape index (κ3) is 8.22. The number of rotatable bonds is 16.